The number of morpholine rings is 1. The zero-order valence-electron chi connectivity index (χ0n) is 14.7. The Morgan fingerprint density at radius 2 is 2.00 bits per heavy atom. The van der Waals surface area contributed by atoms with Gasteiger partial charge in [-0.15, -0.1) is 0 Å². The molecule has 0 N–H and O–H groups in total. The van der Waals surface area contributed by atoms with E-state index in [1.807, 2.05) is 6.07 Å². The van der Waals surface area contributed by atoms with Crippen LogP contribution in [0.2, 0.25) is 5.15 Å². The quantitative estimate of drug-likeness (QED) is 0.738. The van der Waals surface area contributed by atoms with Crippen molar-refractivity contribution in [1.29, 1.82) is 0 Å². The lowest BCUT2D eigenvalue weighted by Crippen LogP contribution is -2.46. The van der Waals surface area contributed by atoms with Crippen LogP contribution in [0.25, 0.3) is 0 Å². The monoisotopic (exact) mass is 388 g/mol. The predicted molar refractivity (Wildman–Crippen MR) is 98.1 cm³/mol. The Kier molecular flexibility index (Phi) is 5.58. The van der Waals surface area contributed by atoms with Crippen LogP contribution in [0.3, 0.4) is 0 Å². The van der Waals surface area contributed by atoms with Gasteiger partial charge in [-0.3, -0.25) is 0 Å². The maximum atomic E-state index is 12.7. The van der Waals surface area contributed by atoms with Crippen LogP contribution in [0.1, 0.15) is 31.7 Å². The van der Waals surface area contributed by atoms with Crippen LogP contribution in [0.4, 0.5) is 5.82 Å². The van der Waals surface area contributed by atoms with Gasteiger partial charge in [0.05, 0.1) is 19.3 Å². The Bertz CT molecular complexity index is 719. The van der Waals surface area contributed by atoms with Gasteiger partial charge in [0.1, 0.15) is 15.7 Å². The van der Waals surface area contributed by atoms with Crippen molar-refractivity contribution in [2.75, 3.05) is 44.1 Å². The Balaban J connectivity index is 2.06. The molecular formula is C17H25ClN2O4S. The molecule has 6 nitrogen and oxygen atoms in total. The highest BCUT2D eigenvalue weighted by atomic mass is 35.5. The molecule has 25 heavy (non-hydrogen) atoms. The summed E-state index contributed by atoms with van der Waals surface area (Å²) in [6, 6.07) is 3.81. The van der Waals surface area contributed by atoms with Crippen LogP contribution < -0.4 is 4.90 Å². The highest BCUT2D eigenvalue weighted by Crippen LogP contribution is 2.41. The molecule has 1 unspecified atom stereocenters. The van der Waals surface area contributed by atoms with Crippen LogP contribution in [-0.4, -0.2) is 58.7 Å². The van der Waals surface area contributed by atoms with Gasteiger partial charge in [0.2, 0.25) is 0 Å². The molecule has 2 fully saturated rings. The number of sulfone groups is 1. The second-order valence-corrected chi connectivity index (χ2v) is 9.46. The molecule has 8 heteroatoms. The molecule has 0 amide bonds. The van der Waals surface area contributed by atoms with E-state index in [2.05, 4.69) is 16.8 Å². The second-order valence-electron chi connectivity index (χ2n) is 6.75. The molecule has 1 atom stereocenters. The van der Waals surface area contributed by atoms with Gasteiger partial charge in [-0.25, -0.2) is 13.4 Å². The molecule has 1 aromatic rings. The summed E-state index contributed by atoms with van der Waals surface area (Å²) < 4.78 is 35.4. The summed E-state index contributed by atoms with van der Waals surface area (Å²) in [6.45, 7) is 4.96. The van der Waals surface area contributed by atoms with Crippen molar-refractivity contribution in [3.05, 3.63) is 22.8 Å². The molecule has 2 aliphatic heterocycles. The van der Waals surface area contributed by atoms with E-state index in [4.69, 9.17) is 21.1 Å². The molecule has 3 rings (SSSR count). The summed E-state index contributed by atoms with van der Waals surface area (Å²) in [5, 5.41) is 0.323. The molecule has 1 aromatic heterocycles. The first-order valence-corrected chi connectivity index (χ1v) is 10.9. The molecule has 0 saturated carbocycles. The fourth-order valence-corrected chi connectivity index (χ4v) is 5.42. The van der Waals surface area contributed by atoms with E-state index in [0.717, 1.165) is 24.3 Å². The number of hydrogen-bond acceptors (Lipinski definition) is 6. The first-order valence-electron chi connectivity index (χ1n) is 8.67. The first kappa shape index (κ1) is 18.9. The first-order chi connectivity index (χ1) is 11.9. The van der Waals surface area contributed by atoms with Crippen molar-refractivity contribution in [2.45, 2.75) is 37.0 Å². The highest BCUT2D eigenvalue weighted by Gasteiger charge is 2.44. The highest BCUT2D eigenvalue weighted by molar-refractivity contribution is 7.91. The van der Waals surface area contributed by atoms with Crippen molar-refractivity contribution in [3.8, 4) is 0 Å². The number of nitrogens with zero attached hydrogens (tertiary/aromatic N) is 2. The van der Waals surface area contributed by atoms with Crippen molar-refractivity contribution < 1.29 is 17.9 Å². The number of aromatic nitrogens is 1. The van der Waals surface area contributed by atoms with Crippen LogP contribution in [0, 0.1) is 0 Å². The Labute approximate surface area is 154 Å². The lowest BCUT2D eigenvalue weighted by molar-refractivity contribution is 0.0741. The van der Waals surface area contributed by atoms with E-state index >= 15 is 0 Å². The van der Waals surface area contributed by atoms with Crippen LogP contribution >= 0.6 is 11.6 Å². The molecule has 2 aliphatic rings. The molecule has 0 spiro atoms. The molecular weight excluding hydrogens is 364 g/mol. The number of anilines is 1. The minimum atomic E-state index is -3.33. The van der Waals surface area contributed by atoms with E-state index in [1.54, 1.807) is 6.07 Å². The van der Waals surface area contributed by atoms with Gasteiger partial charge in [0, 0.05) is 26.0 Å². The topological polar surface area (TPSA) is 68.7 Å². The van der Waals surface area contributed by atoms with Crippen molar-refractivity contribution in [3.63, 3.8) is 0 Å². The Morgan fingerprint density at radius 3 is 2.64 bits per heavy atom. The minimum Gasteiger partial charge on any atom is -0.381 e. The molecule has 0 aromatic carbocycles. The number of rotatable bonds is 4. The van der Waals surface area contributed by atoms with Gasteiger partial charge in [-0.05, 0) is 37.0 Å². The minimum absolute atomic E-state index is 0.219. The fourth-order valence-electron chi connectivity index (χ4n) is 3.76. The van der Waals surface area contributed by atoms with E-state index in [1.165, 1.54) is 6.26 Å². The molecule has 140 valence electrons. The second kappa shape index (κ2) is 7.39. The third-order valence-corrected chi connectivity index (χ3v) is 7.57. The van der Waals surface area contributed by atoms with Gasteiger partial charge < -0.3 is 14.4 Å². The summed E-state index contributed by atoms with van der Waals surface area (Å²) in [7, 11) is -3.33. The van der Waals surface area contributed by atoms with Crippen molar-refractivity contribution in [2.24, 2.45) is 0 Å². The molecule has 3 heterocycles. The smallest absolute Gasteiger partial charge is 0.157 e. The fraction of sp³-hybridized carbons (Fsp3) is 0.706. The largest absolute Gasteiger partial charge is 0.381 e. The number of pyridine rings is 1. The van der Waals surface area contributed by atoms with Gasteiger partial charge in [-0.1, -0.05) is 18.5 Å². The number of halogens is 1. The van der Waals surface area contributed by atoms with E-state index in [-0.39, 0.29) is 6.04 Å². The average molecular weight is 389 g/mol. The molecule has 0 bridgehead atoms. The normalized spacial score (nSPS) is 24.3. The third-order valence-electron chi connectivity index (χ3n) is 5.31. The zero-order chi connectivity index (χ0) is 18.1. The number of hydrogen-bond donors (Lipinski definition) is 0. The van der Waals surface area contributed by atoms with Gasteiger partial charge in [-0.2, -0.15) is 0 Å². The lowest BCUT2D eigenvalue weighted by atomic mass is 9.91. The summed E-state index contributed by atoms with van der Waals surface area (Å²) >= 11 is 6.30. The standard InChI is InChI=1S/C17H25ClN2O4S/c1-3-14-12-24-9-6-20(14)16-11-13(10-15(18)19-16)17(25(2,21)22)4-7-23-8-5-17/h10-11,14H,3-9,12H2,1-2H3. The SMILES string of the molecule is CCC1COCCN1c1cc(C2(S(C)(=O)=O)CCOCC2)cc(Cl)n1. The van der Waals surface area contributed by atoms with E-state index < -0.39 is 14.6 Å². The molecule has 2 saturated heterocycles. The van der Waals surface area contributed by atoms with E-state index in [9.17, 15) is 8.42 Å². The Hall–Kier alpha value is -0.890. The van der Waals surface area contributed by atoms with Crippen molar-refractivity contribution in [1.82, 2.24) is 4.98 Å². The van der Waals surface area contributed by atoms with Crippen LogP contribution in [-0.2, 0) is 24.1 Å². The maximum Gasteiger partial charge on any atom is 0.157 e. The average Bonchev–Trinajstić information content (AvgIpc) is 2.61. The van der Waals surface area contributed by atoms with Gasteiger partial charge in [0.25, 0.3) is 0 Å². The van der Waals surface area contributed by atoms with Gasteiger partial charge >= 0.3 is 0 Å². The molecule has 0 radical (unpaired) electrons. The Morgan fingerprint density at radius 1 is 1.28 bits per heavy atom. The summed E-state index contributed by atoms with van der Waals surface area (Å²) in [5.41, 5.74) is 0.717. The van der Waals surface area contributed by atoms with Crippen molar-refractivity contribution >= 4 is 27.3 Å². The van der Waals surface area contributed by atoms with Crippen LogP contribution in [0.5, 0.6) is 0 Å². The number of ether oxygens (including phenoxy) is 2. The lowest BCUT2D eigenvalue weighted by Gasteiger charge is -2.39. The summed E-state index contributed by atoms with van der Waals surface area (Å²) in [4.78, 5) is 6.65. The zero-order valence-corrected chi connectivity index (χ0v) is 16.3. The molecule has 0 aliphatic carbocycles. The maximum absolute atomic E-state index is 12.7. The predicted octanol–water partition coefficient (Wildman–Crippen LogP) is 2.40. The third kappa shape index (κ3) is 3.65. The summed E-state index contributed by atoms with van der Waals surface area (Å²) in [6.07, 6.45) is 3.10. The van der Waals surface area contributed by atoms with E-state index in [0.29, 0.717) is 44.4 Å². The van der Waals surface area contributed by atoms with Crippen LogP contribution in [0.15, 0.2) is 12.1 Å². The summed E-state index contributed by atoms with van der Waals surface area (Å²) in [5.74, 6) is 0.729. The van der Waals surface area contributed by atoms with Gasteiger partial charge in [0.15, 0.2) is 9.84 Å².